The molecule has 0 saturated heterocycles. The van der Waals surface area contributed by atoms with Crippen molar-refractivity contribution in [1.29, 1.82) is 0 Å². The number of ether oxygens (including phenoxy) is 3. The number of halogens is 1. The summed E-state index contributed by atoms with van der Waals surface area (Å²) >= 11 is 2.99. The van der Waals surface area contributed by atoms with Crippen LogP contribution in [0.2, 0.25) is 0 Å². The maximum atomic E-state index is 14.0. The molecule has 0 saturated carbocycles. The minimum absolute atomic E-state index is 0.210. The summed E-state index contributed by atoms with van der Waals surface area (Å²) in [6.07, 6.45) is 4.17. The van der Waals surface area contributed by atoms with Crippen LogP contribution in [0.25, 0.3) is 16.7 Å². The Labute approximate surface area is 248 Å². The second-order valence-electron chi connectivity index (χ2n) is 10.5. The van der Waals surface area contributed by atoms with Crippen LogP contribution in [0.3, 0.4) is 0 Å². The quantitative estimate of drug-likeness (QED) is 0.126. The lowest BCUT2D eigenvalue weighted by Crippen LogP contribution is -2.32. The Morgan fingerprint density at radius 2 is 1.78 bits per heavy atom. The molecule has 1 aliphatic heterocycles. The molecule has 5 nitrogen and oxygen atoms in total. The number of carbonyl (C=O) groups is 1. The van der Waals surface area contributed by atoms with E-state index in [9.17, 15) is 9.18 Å². The number of allylic oxidation sites excluding steroid dienone is 1. The second kappa shape index (κ2) is 11.6. The van der Waals surface area contributed by atoms with Gasteiger partial charge in [-0.1, -0.05) is 18.2 Å². The monoisotopic (exact) mass is 589 g/mol. The Balaban J connectivity index is 1.55. The molecule has 0 unspecified atom stereocenters. The molecule has 5 rings (SSSR count). The van der Waals surface area contributed by atoms with Crippen molar-refractivity contribution in [3.63, 3.8) is 0 Å². The van der Waals surface area contributed by atoms with E-state index >= 15 is 0 Å². The highest BCUT2D eigenvalue weighted by molar-refractivity contribution is 8.00. The number of hydrogen-bond acceptors (Lipinski definition) is 7. The van der Waals surface area contributed by atoms with E-state index in [1.807, 2.05) is 31.4 Å². The average Bonchev–Trinajstić information content (AvgIpc) is 3.42. The van der Waals surface area contributed by atoms with Crippen molar-refractivity contribution >= 4 is 40.3 Å². The summed E-state index contributed by atoms with van der Waals surface area (Å²) in [6, 6.07) is 17.7. The molecular formula is C33H32FNO4S2. The number of rotatable bonds is 8. The summed E-state index contributed by atoms with van der Waals surface area (Å²) in [5, 5.41) is 3.60. The van der Waals surface area contributed by atoms with Gasteiger partial charge >= 0.3 is 5.97 Å². The van der Waals surface area contributed by atoms with Gasteiger partial charge in [-0.2, -0.15) is 0 Å². The highest BCUT2D eigenvalue weighted by Gasteiger charge is 2.27. The van der Waals surface area contributed by atoms with Crippen molar-refractivity contribution < 1.29 is 23.4 Å². The van der Waals surface area contributed by atoms with Crippen LogP contribution in [0, 0.1) is 12.7 Å². The van der Waals surface area contributed by atoms with Gasteiger partial charge in [-0.3, -0.25) is 0 Å². The van der Waals surface area contributed by atoms with Gasteiger partial charge in [-0.25, -0.2) is 9.18 Å². The van der Waals surface area contributed by atoms with E-state index < -0.39 is 5.97 Å². The summed E-state index contributed by atoms with van der Waals surface area (Å²) in [5.41, 5.74) is 6.46. The predicted molar refractivity (Wildman–Crippen MR) is 166 cm³/mol. The third-order valence-electron chi connectivity index (χ3n) is 6.92. The third-order valence-corrected chi connectivity index (χ3v) is 9.07. The normalized spacial score (nSPS) is 13.6. The molecule has 3 aromatic carbocycles. The number of methoxy groups -OCH3 is 1. The summed E-state index contributed by atoms with van der Waals surface area (Å²) in [5.74, 6) is 0.680. The Bertz CT molecular complexity index is 1660. The number of thiophene rings is 1. The fourth-order valence-corrected chi connectivity index (χ4v) is 6.56. The van der Waals surface area contributed by atoms with Crippen molar-refractivity contribution in [3.05, 3.63) is 94.1 Å². The fourth-order valence-electron chi connectivity index (χ4n) is 5.14. The number of fused-ring (bicyclic) bond motifs is 1. The average molecular weight is 590 g/mol. The number of esters is 1. The molecule has 0 bridgehead atoms. The zero-order valence-electron chi connectivity index (χ0n) is 23.9. The van der Waals surface area contributed by atoms with Crippen LogP contribution in [-0.2, 0) is 6.61 Å². The van der Waals surface area contributed by atoms with E-state index in [4.69, 9.17) is 14.2 Å². The molecule has 0 spiro atoms. The Morgan fingerprint density at radius 3 is 2.51 bits per heavy atom. The molecule has 0 fully saturated rings. The van der Waals surface area contributed by atoms with Crippen LogP contribution in [0.15, 0.2) is 70.9 Å². The van der Waals surface area contributed by atoms with Crippen LogP contribution in [0.4, 0.5) is 10.1 Å². The van der Waals surface area contributed by atoms with Gasteiger partial charge in [0.05, 0.1) is 16.9 Å². The number of anilines is 1. The van der Waals surface area contributed by atoms with Crippen molar-refractivity contribution in [2.75, 3.05) is 18.7 Å². The summed E-state index contributed by atoms with van der Waals surface area (Å²) in [7, 11) is 1.59. The van der Waals surface area contributed by atoms with Crippen LogP contribution in [-0.4, -0.2) is 24.9 Å². The number of nitrogens with one attached hydrogen (secondary N) is 1. The van der Waals surface area contributed by atoms with Crippen molar-refractivity contribution in [2.45, 2.75) is 44.0 Å². The largest absolute Gasteiger partial charge is 0.496 e. The second-order valence-corrected chi connectivity index (χ2v) is 12.7. The van der Waals surface area contributed by atoms with Gasteiger partial charge in [0.1, 0.15) is 34.5 Å². The first-order valence-corrected chi connectivity index (χ1v) is 15.2. The maximum absolute atomic E-state index is 14.0. The molecule has 2 heterocycles. The topological polar surface area (TPSA) is 56.8 Å². The molecule has 4 aromatic rings. The fraction of sp³-hybridized carbons (Fsp3) is 0.242. The van der Waals surface area contributed by atoms with E-state index in [1.54, 1.807) is 43.1 Å². The zero-order chi connectivity index (χ0) is 29.3. The molecule has 1 aromatic heterocycles. The number of hydrogen-bond donors (Lipinski definition) is 1. The first-order chi connectivity index (χ1) is 19.6. The SMILES string of the molecule is COc1cc(OC(=O)c2ccc(SC)s2)ccc1-c1ccc2c(c1COc1cc(F)ccc1C)C(C)=CC(C)(C)N2. The lowest BCUT2D eigenvalue weighted by Gasteiger charge is -2.33. The molecule has 8 heteroatoms. The van der Waals surface area contributed by atoms with Crippen LogP contribution in [0.1, 0.15) is 47.1 Å². The summed E-state index contributed by atoms with van der Waals surface area (Å²) < 4.78 is 32.8. The molecule has 1 N–H and O–H groups in total. The zero-order valence-corrected chi connectivity index (χ0v) is 25.5. The first kappa shape index (κ1) is 28.8. The lowest BCUT2D eigenvalue weighted by atomic mass is 9.85. The Hall–Kier alpha value is -3.75. The van der Waals surface area contributed by atoms with Crippen LogP contribution < -0.4 is 19.5 Å². The highest BCUT2D eigenvalue weighted by Crippen LogP contribution is 2.43. The van der Waals surface area contributed by atoms with E-state index in [-0.39, 0.29) is 18.0 Å². The van der Waals surface area contributed by atoms with Gasteiger partial charge in [0.15, 0.2) is 0 Å². The Morgan fingerprint density at radius 1 is 1.00 bits per heavy atom. The molecule has 0 radical (unpaired) electrons. The maximum Gasteiger partial charge on any atom is 0.353 e. The highest BCUT2D eigenvalue weighted by atomic mass is 32.2. The molecule has 1 aliphatic rings. The van der Waals surface area contributed by atoms with E-state index in [1.165, 1.54) is 23.5 Å². The van der Waals surface area contributed by atoms with Gasteiger partial charge in [0.2, 0.25) is 0 Å². The van der Waals surface area contributed by atoms with Crippen LogP contribution >= 0.6 is 23.1 Å². The number of aryl methyl sites for hydroxylation is 1. The molecule has 41 heavy (non-hydrogen) atoms. The van der Waals surface area contributed by atoms with Gasteiger partial charge in [-0.05, 0) is 87.0 Å². The standard InChI is InChI=1S/C33H32FNO4S2/c1-19-7-8-21(34)15-27(19)38-18-25-23(11-12-26-31(25)20(2)17-33(3,4)35-26)24-10-9-22(16-28(24)37-5)39-32(36)29-13-14-30(40-6)41-29/h7-17,35H,18H2,1-6H3. The van der Waals surface area contributed by atoms with E-state index in [0.717, 1.165) is 43.3 Å². The van der Waals surface area contributed by atoms with Gasteiger partial charge in [0.25, 0.3) is 0 Å². The number of benzene rings is 3. The van der Waals surface area contributed by atoms with Crippen LogP contribution in [0.5, 0.6) is 17.2 Å². The smallest absolute Gasteiger partial charge is 0.353 e. The molecule has 0 amide bonds. The summed E-state index contributed by atoms with van der Waals surface area (Å²) in [4.78, 5) is 13.3. The molecule has 0 atom stereocenters. The number of carbonyl (C=O) groups excluding carboxylic acids is 1. The van der Waals surface area contributed by atoms with Crippen molar-refractivity contribution in [2.24, 2.45) is 0 Å². The Kier molecular flexibility index (Phi) is 8.16. The van der Waals surface area contributed by atoms with E-state index in [0.29, 0.717) is 22.1 Å². The van der Waals surface area contributed by atoms with Gasteiger partial charge in [-0.15, -0.1) is 23.1 Å². The lowest BCUT2D eigenvalue weighted by molar-refractivity contribution is 0.0739. The van der Waals surface area contributed by atoms with Gasteiger partial charge < -0.3 is 19.5 Å². The molecular weight excluding hydrogens is 557 g/mol. The minimum atomic E-state index is -0.409. The summed E-state index contributed by atoms with van der Waals surface area (Å²) in [6.45, 7) is 8.45. The number of thioether (sulfide) groups is 1. The molecule has 0 aliphatic carbocycles. The first-order valence-electron chi connectivity index (χ1n) is 13.2. The third kappa shape index (κ3) is 6.14. The molecule has 212 valence electrons. The van der Waals surface area contributed by atoms with Crippen molar-refractivity contribution in [3.8, 4) is 28.4 Å². The predicted octanol–water partition coefficient (Wildman–Crippen LogP) is 9.00. The van der Waals surface area contributed by atoms with Crippen molar-refractivity contribution in [1.82, 2.24) is 0 Å². The van der Waals surface area contributed by atoms with E-state index in [2.05, 4.69) is 38.2 Å². The minimum Gasteiger partial charge on any atom is -0.496 e. The van der Waals surface area contributed by atoms with Gasteiger partial charge in [0, 0.05) is 34.5 Å².